The summed E-state index contributed by atoms with van der Waals surface area (Å²) in [6, 6.07) is 14.1. The lowest BCUT2D eigenvalue weighted by atomic mass is 10.1. The fourth-order valence-corrected chi connectivity index (χ4v) is 3.62. The van der Waals surface area contributed by atoms with Crippen LogP contribution in [-0.2, 0) is 4.79 Å². The normalized spacial score (nSPS) is 15.1. The second kappa shape index (κ2) is 8.56. The number of amides is 1. The molecule has 2 aromatic rings. The van der Waals surface area contributed by atoms with Crippen molar-refractivity contribution < 1.29 is 4.79 Å². The maximum absolute atomic E-state index is 12.2. The number of rotatable bonds is 5. The first-order chi connectivity index (χ1) is 12.5. The zero-order chi connectivity index (χ0) is 18.5. The molecular weight excluding hydrogens is 346 g/mol. The van der Waals surface area contributed by atoms with Gasteiger partial charge in [-0.1, -0.05) is 23.7 Å². The Hall–Kier alpha value is -2.04. The summed E-state index contributed by atoms with van der Waals surface area (Å²) in [5.41, 5.74) is 4.39. The molecule has 1 fully saturated rings. The second-order valence-corrected chi connectivity index (χ2v) is 7.42. The van der Waals surface area contributed by atoms with Gasteiger partial charge in [-0.2, -0.15) is 0 Å². The summed E-state index contributed by atoms with van der Waals surface area (Å²) in [5, 5.41) is 3.78. The number of piperazine rings is 1. The maximum Gasteiger partial charge on any atom is 0.225 e. The lowest BCUT2D eigenvalue weighted by molar-refractivity contribution is -0.116. The van der Waals surface area contributed by atoms with Crippen LogP contribution in [0.25, 0.3) is 0 Å². The largest absolute Gasteiger partial charge is 0.369 e. The van der Waals surface area contributed by atoms with E-state index in [1.54, 1.807) is 0 Å². The fraction of sp³-hybridized carbons (Fsp3) is 0.381. The monoisotopic (exact) mass is 371 g/mol. The Kier molecular flexibility index (Phi) is 6.17. The minimum absolute atomic E-state index is 0.0762. The second-order valence-electron chi connectivity index (χ2n) is 6.98. The van der Waals surface area contributed by atoms with Crippen molar-refractivity contribution in [2.24, 2.45) is 0 Å². The molecular formula is C21H26ClN3O. The van der Waals surface area contributed by atoms with Crippen LogP contribution in [0.1, 0.15) is 17.5 Å². The maximum atomic E-state index is 12.2. The smallest absolute Gasteiger partial charge is 0.225 e. The van der Waals surface area contributed by atoms with Crippen molar-refractivity contribution >= 4 is 28.9 Å². The van der Waals surface area contributed by atoms with Gasteiger partial charge in [-0.05, 0) is 55.3 Å². The zero-order valence-corrected chi connectivity index (χ0v) is 16.2. The number of nitrogens with one attached hydrogen (secondary N) is 1. The number of carbonyl (C=O) groups is 1. The molecule has 1 amide bonds. The highest BCUT2D eigenvalue weighted by atomic mass is 35.5. The van der Waals surface area contributed by atoms with Gasteiger partial charge in [-0.25, -0.2) is 0 Å². The number of aryl methyl sites for hydroxylation is 2. The first-order valence-corrected chi connectivity index (χ1v) is 9.48. The van der Waals surface area contributed by atoms with E-state index in [2.05, 4.69) is 27.2 Å². The highest BCUT2D eigenvalue weighted by Gasteiger charge is 2.18. The Morgan fingerprint density at radius 1 is 1.04 bits per heavy atom. The van der Waals surface area contributed by atoms with Crippen LogP contribution in [0.5, 0.6) is 0 Å². The summed E-state index contributed by atoms with van der Waals surface area (Å²) < 4.78 is 0. The van der Waals surface area contributed by atoms with Gasteiger partial charge < -0.3 is 10.2 Å². The topological polar surface area (TPSA) is 35.6 Å². The molecule has 1 N–H and O–H groups in total. The van der Waals surface area contributed by atoms with Gasteiger partial charge in [0, 0.05) is 55.5 Å². The summed E-state index contributed by atoms with van der Waals surface area (Å²) >= 11 is 6.08. The summed E-state index contributed by atoms with van der Waals surface area (Å²) in [5.74, 6) is 0.0762. The fourth-order valence-electron chi connectivity index (χ4n) is 3.43. The molecule has 0 aliphatic carbocycles. The molecule has 4 nitrogen and oxygen atoms in total. The molecule has 2 aromatic carbocycles. The lowest BCUT2D eigenvalue weighted by Gasteiger charge is -2.36. The molecule has 0 unspecified atom stereocenters. The van der Waals surface area contributed by atoms with Crippen molar-refractivity contribution in [1.29, 1.82) is 0 Å². The average molecular weight is 372 g/mol. The van der Waals surface area contributed by atoms with Crippen LogP contribution >= 0.6 is 11.6 Å². The lowest BCUT2D eigenvalue weighted by Crippen LogP contribution is -2.47. The number of carbonyl (C=O) groups excluding carboxylic acids is 1. The van der Waals surface area contributed by atoms with Gasteiger partial charge in [-0.15, -0.1) is 0 Å². The third-order valence-corrected chi connectivity index (χ3v) is 4.94. The first kappa shape index (κ1) is 18.7. The molecule has 26 heavy (non-hydrogen) atoms. The number of anilines is 2. The molecule has 0 radical (unpaired) electrons. The molecule has 0 saturated carbocycles. The Balaban J connectivity index is 1.44. The SMILES string of the molecule is Cc1cc(C)cc(NC(=O)CCN2CCN(c3cccc(Cl)c3)CC2)c1. The van der Waals surface area contributed by atoms with Crippen LogP contribution < -0.4 is 10.2 Å². The number of hydrogen-bond acceptors (Lipinski definition) is 3. The van der Waals surface area contributed by atoms with Gasteiger partial charge in [0.05, 0.1) is 0 Å². The predicted molar refractivity (Wildman–Crippen MR) is 109 cm³/mol. The molecule has 138 valence electrons. The van der Waals surface area contributed by atoms with Crippen LogP contribution in [0.3, 0.4) is 0 Å². The van der Waals surface area contributed by atoms with Gasteiger partial charge in [0.15, 0.2) is 0 Å². The molecule has 1 saturated heterocycles. The molecule has 1 aliphatic heterocycles. The molecule has 0 atom stereocenters. The number of benzene rings is 2. The van der Waals surface area contributed by atoms with Crippen LogP contribution in [-0.4, -0.2) is 43.5 Å². The predicted octanol–water partition coefficient (Wildman–Crippen LogP) is 4.11. The Morgan fingerprint density at radius 3 is 2.38 bits per heavy atom. The summed E-state index contributed by atoms with van der Waals surface area (Å²) in [6.07, 6.45) is 0.518. The van der Waals surface area contributed by atoms with Gasteiger partial charge in [-0.3, -0.25) is 9.69 Å². The molecule has 3 rings (SSSR count). The zero-order valence-electron chi connectivity index (χ0n) is 15.5. The van der Waals surface area contributed by atoms with E-state index in [4.69, 9.17) is 11.6 Å². The van der Waals surface area contributed by atoms with Crippen molar-refractivity contribution in [3.63, 3.8) is 0 Å². The third kappa shape index (κ3) is 5.23. The molecule has 1 aliphatic rings. The van der Waals surface area contributed by atoms with Crippen molar-refractivity contribution in [2.45, 2.75) is 20.3 Å². The Morgan fingerprint density at radius 2 is 1.73 bits per heavy atom. The van der Waals surface area contributed by atoms with Gasteiger partial charge >= 0.3 is 0 Å². The molecule has 0 bridgehead atoms. The quantitative estimate of drug-likeness (QED) is 0.859. The van der Waals surface area contributed by atoms with E-state index >= 15 is 0 Å². The Labute approximate surface area is 160 Å². The van der Waals surface area contributed by atoms with Crippen LogP contribution in [0.15, 0.2) is 42.5 Å². The van der Waals surface area contributed by atoms with Gasteiger partial charge in [0.2, 0.25) is 5.91 Å². The van der Waals surface area contributed by atoms with E-state index in [1.807, 2.05) is 44.2 Å². The van der Waals surface area contributed by atoms with Crippen molar-refractivity contribution in [1.82, 2.24) is 4.90 Å². The van der Waals surface area contributed by atoms with Crippen LogP contribution in [0, 0.1) is 13.8 Å². The number of nitrogens with zero attached hydrogens (tertiary/aromatic N) is 2. The highest BCUT2D eigenvalue weighted by molar-refractivity contribution is 6.30. The third-order valence-electron chi connectivity index (χ3n) is 4.71. The molecule has 1 heterocycles. The summed E-state index contributed by atoms with van der Waals surface area (Å²) in [4.78, 5) is 16.9. The van der Waals surface area contributed by atoms with E-state index < -0.39 is 0 Å². The van der Waals surface area contributed by atoms with Crippen molar-refractivity contribution in [3.8, 4) is 0 Å². The standard InChI is InChI=1S/C21H26ClN3O/c1-16-12-17(2)14-19(13-16)23-21(26)6-7-24-8-10-25(11-9-24)20-5-3-4-18(22)15-20/h3-5,12-15H,6-11H2,1-2H3,(H,23,26). The molecule has 0 aromatic heterocycles. The minimum Gasteiger partial charge on any atom is -0.369 e. The summed E-state index contributed by atoms with van der Waals surface area (Å²) in [6.45, 7) is 8.72. The van der Waals surface area contributed by atoms with Crippen molar-refractivity contribution in [3.05, 3.63) is 58.6 Å². The number of hydrogen-bond donors (Lipinski definition) is 1. The van der Waals surface area contributed by atoms with Gasteiger partial charge in [0.25, 0.3) is 0 Å². The van der Waals surface area contributed by atoms with E-state index in [-0.39, 0.29) is 5.91 Å². The van der Waals surface area contributed by atoms with Gasteiger partial charge in [0.1, 0.15) is 0 Å². The van der Waals surface area contributed by atoms with E-state index in [0.717, 1.165) is 54.6 Å². The van der Waals surface area contributed by atoms with Crippen LogP contribution in [0.4, 0.5) is 11.4 Å². The van der Waals surface area contributed by atoms with E-state index in [1.165, 1.54) is 5.69 Å². The first-order valence-electron chi connectivity index (χ1n) is 9.10. The average Bonchev–Trinajstić information content (AvgIpc) is 2.59. The molecule has 0 spiro atoms. The minimum atomic E-state index is 0.0762. The molecule has 5 heteroatoms. The van der Waals surface area contributed by atoms with Crippen molar-refractivity contribution in [2.75, 3.05) is 42.9 Å². The van der Waals surface area contributed by atoms with E-state index in [0.29, 0.717) is 6.42 Å². The van der Waals surface area contributed by atoms with E-state index in [9.17, 15) is 4.79 Å². The number of halogens is 1. The van der Waals surface area contributed by atoms with Crippen LogP contribution in [0.2, 0.25) is 5.02 Å². The summed E-state index contributed by atoms with van der Waals surface area (Å²) in [7, 11) is 0. The highest BCUT2D eigenvalue weighted by Crippen LogP contribution is 2.21. The Bertz CT molecular complexity index is 749.